The minimum absolute atomic E-state index is 0.0623. The van der Waals surface area contributed by atoms with Gasteiger partial charge in [-0.3, -0.25) is 0 Å². The fourth-order valence-corrected chi connectivity index (χ4v) is 2.08. The van der Waals surface area contributed by atoms with Gasteiger partial charge in [0.05, 0.1) is 11.8 Å². The Bertz CT molecular complexity index is 433. The molecule has 0 spiro atoms. The summed E-state index contributed by atoms with van der Waals surface area (Å²) in [5.41, 5.74) is -0.0623. The summed E-state index contributed by atoms with van der Waals surface area (Å²) in [6.45, 7) is 0. The van der Waals surface area contributed by atoms with E-state index in [2.05, 4.69) is 0 Å². The first-order valence-electron chi connectivity index (χ1n) is 4.69. The Hall–Kier alpha value is -1.02. The first kappa shape index (κ1) is 14.0. The van der Waals surface area contributed by atoms with Gasteiger partial charge in [-0.05, 0) is 17.5 Å². The van der Waals surface area contributed by atoms with E-state index < -0.39 is 12.1 Å². The molecule has 0 unspecified atom stereocenters. The molecule has 1 aromatic rings. The average Bonchev–Trinajstić information content (AvgIpc) is 2.85. The molecule has 0 amide bonds. The minimum Gasteiger partial charge on any atom is -0.456 e. The van der Waals surface area contributed by atoms with E-state index in [1.807, 2.05) is 11.4 Å². The number of ether oxygens (including phenoxy) is 1. The van der Waals surface area contributed by atoms with Crippen molar-refractivity contribution in [2.75, 3.05) is 11.8 Å². The normalized spacial score (nSPS) is 11.3. The lowest BCUT2D eigenvalue weighted by Gasteiger charge is -2.11. The van der Waals surface area contributed by atoms with E-state index in [0.717, 1.165) is 4.88 Å². The van der Waals surface area contributed by atoms with Gasteiger partial charge in [0.15, 0.2) is 0 Å². The molecule has 17 heavy (non-hydrogen) atoms. The van der Waals surface area contributed by atoms with E-state index in [4.69, 9.17) is 33.2 Å². The molecule has 0 aliphatic rings. The molecule has 0 N–H and O–H groups in total. The van der Waals surface area contributed by atoms with Crippen molar-refractivity contribution in [2.24, 2.45) is 0 Å². The number of nitrogens with zero attached hydrogens (tertiary/aromatic N) is 1. The number of thiophene rings is 1. The Morgan fingerprint density at radius 1 is 1.59 bits per heavy atom. The summed E-state index contributed by atoms with van der Waals surface area (Å²) in [5.74, 6) is -0.493. The average molecular weight is 290 g/mol. The molecule has 0 bridgehead atoms. The molecule has 0 saturated heterocycles. The third-order valence-electron chi connectivity index (χ3n) is 1.79. The van der Waals surface area contributed by atoms with Crippen LogP contribution in [0, 0.1) is 11.3 Å². The zero-order chi connectivity index (χ0) is 12.7. The summed E-state index contributed by atoms with van der Waals surface area (Å²) in [4.78, 5) is 12.4. The van der Waals surface area contributed by atoms with Gasteiger partial charge in [-0.15, -0.1) is 34.5 Å². The highest BCUT2D eigenvalue weighted by atomic mass is 35.5. The van der Waals surface area contributed by atoms with E-state index in [9.17, 15) is 4.79 Å². The van der Waals surface area contributed by atoms with Crippen LogP contribution in [0.1, 0.15) is 4.88 Å². The standard InChI is InChI=1S/C11H9Cl2NO2S/c12-5-9(6-13)16-11(15)8(7-14)4-10-2-1-3-17-10/h1-4,9H,5-6H2/b8-4+. The molecular formula is C11H9Cl2NO2S. The van der Waals surface area contributed by atoms with Crippen LogP contribution in [-0.4, -0.2) is 23.8 Å². The van der Waals surface area contributed by atoms with E-state index in [1.165, 1.54) is 17.4 Å². The van der Waals surface area contributed by atoms with Crippen LogP contribution >= 0.6 is 34.5 Å². The number of halogens is 2. The number of carbonyl (C=O) groups excluding carboxylic acids is 1. The summed E-state index contributed by atoms with van der Waals surface area (Å²) in [7, 11) is 0. The Morgan fingerprint density at radius 2 is 2.29 bits per heavy atom. The molecule has 0 atom stereocenters. The van der Waals surface area contributed by atoms with Crippen LogP contribution in [0.3, 0.4) is 0 Å². The number of hydrogen-bond donors (Lipinski definition) is 0. The zero-order valence-corrected chi connectivity index (χ0v) is 11.1. The smallest absolute Gasteiger partial charge is 0.349 e. The largest absolute Gasteiger partial charge is 0.456 e. The minimum atomic E-state index is -0.702. The molecule has 1 aromatic heterocycles. The molecular weight excluding hydrogens is 281 g/mol. The summed E-state index contributed by atoms with van der Waals surface area (Å²) in [6.07, 6.45) is 0.901. The van der Waals surface area contributed by atoms with Crippen molar-refractivity contribution in [2.45, 2.75) is 6.10 Å². The molecule has 0 aliphatic carbocycles. The molecule has 0 aromatic carbocycles. The highest BCUT2D eigenvalue weighted by Gasteiger charge is 2.16. The van der Waals surface area contributed by atoms with Gasteiger partial charge < -0.3 is 4.74 Å². The number of esters is 1. The molecule has 0 fully saturated rings. The van der Waals surface area contributed by atoms with Crippen molar-refractivity contribution in [3.63, 3.8) is 0 Å². The van der Waals surface area contributed by atoms with Crippen molar-refractivity contribution in [3.05, 3.63) is 28.0 Å². The van der Waals surface area contributed by atoms with Gasteiger partial charge >= 0.3 is 5.97 Å². The van der Waals surface area contributed by atoms with Crippen LogP contribution < -0.4 is 0 Å². The first-order valence-corrected chi connectivity index (χ1v) is 6.64. The lowest BCUT2D eigenvalue weighted by atomic mass is 10.2. The van der Waals surface area contributed by atoms with E-state index in [0.29, 0.717) is 0 Å². The maximum Gasteiger partial charge on any atom is 0.349 e. The Labute approximate surface area is 113 Å². The number of hydrogen-bond acceptors (Lipinski definition) is 4. The summed E-state index contributed by atoms with van der Waals surface area (Å²) >= 11 is 12.5. The summed E-state index contributed by atoms with van der Waals surface area (Å²) in [5, 5.41) is 10.7. The lowest BCUT2D eigenvalue weighted by Crippen LogP contribution is -2.22. The van der Waals surface area contributed by atoms with E-state index in [-0.39, 0.29) is 17.3 Å². The molecule has 3 nitrogen and oxygen atoms in total. The lowest BCUT2D eigenvalue weighted by molar-refractivity contribution is -0.141. The molecule has 0 radical (unpaired) electrons. The third-order valence-corrected chi connectivity index (χ3v) is 3.30. The van der Waals surface area contributed by atoms with Crippen molar-refractivity contribution in [1.29, 1.82) is 5.26 Å². The second kappa shape index (κ2) is 7.33. The van der Waals surface area contributed by atoms with Crippen molar-refractivity contribution >= 4 is 46.6 Å². The Balaban J connectivity index is 2.75. The van der Waals surface area contributed by atoms with E-state index in [1.54, 1.807) is 12.1 Å². The van der Waals surface area contributed by atoms with Crippen molar-refractivity contribution < 1.29 is 9.53 Å². The van der Waals surface area contributed by atoms with Gasteiger partial charge in [0.2, 0.25) is 0 Å². The molecule has 90 valence electrons. The maximum absolute atomic E-state index is 11.6. The van der Waals surface area contributed by atoms with Crippen LogP contribution in [-0.2, 0) is 9.53 Å². The second-order valence-electron chi connectivity index (χ2n) is 3.02. The van der Waals surface area contributed by atoms with Crippen LogP contribution in [0.15, 0.2) is 23.1 Å². The molecule has 0 saturated carbocycles. The van der Waals surface area contributed by atoms with Gasteiger partial charge in [-0.2, -0.15) is 5.26 Å². The highest BCUT2D eigenvalue weighted by Crippen LogP contribution is 2.14. The van der Waals surface area contributed by atoms with Gasteiger partial charge in [0.1, 0.15) is 17.7 Å². The predicted octanol–water partition coefficient (Wildman–Crippen LogP) is 3.04. The van der Waals surface area contributed by atoms with Crippen molar-refractivity contribution in [3.8, 4) is 6.07 Å². The van der Waals surface area contributed by atoms with Crippen LogP contribution in [0.4, 0.5) is 0 Å². The van der Waals surface area contributed by atoms with Gasteiger partial charge in [0.25, 0.3) is 0 Å². The molecule has 1 rings (SSSR count). The fourth-order valence-electron chi connectivity index (χ4n) is 0.972. The SMILES string of the molecule is N#C/C(=C\c1cccs1)C(=O)OC(CCl)CCl. The monoisotopic (exact) mass is 289 g/mol. The Kier molecular flexibility index (Phi) is 6.06. The van der Waals surface area contributed by atoms with E-state index >= 15 is 0 Å². The van der Waals surface area contributed by atoms with Crippen molar-refractivity contribution in [1.82, 2.24) is 0 Å². The maximum atomic E-state index is 11.6. The third kappa shape index (κ3) is 4.39. The quantitative estimate of drug-likeness (QED) is 0.362. The van der Waals surface area contributed by atoms with Crippen LogP contribution in [0.5, 0.6) is 0 Å². The molecule has 0 aliphatic heterocycles. The topological polar surface area (TPSA) is 50.1 Å². The fraction of sp³-hybridized carbons (Fsp3) is 0.273. The first-order chi connectivity index (χ1) is 8.21. The number of alkyl halides is 2. The van der Waals surface area contributed by atoms with Crippen LogP contribution in [0.25, 0.3) is 6.08 Å². The second-order valence-corrected chi connectivity index (χ2v) is 4.62. The number of rotatable bonds is 5. The zero-order valence-electron chi connectivity index (χ0n) is 8.73. The van der Waals surface area contributed by atoms with Crippen LogP contribution in [0.2, 0.25) is 0 Å². The summed E-state index contributed by atoms with van der Waals surface area (Å²) in [6, 6.07) is 5.43. The molecule has 6 heteroatoms. The summed E-state index contributed by atoms with van der Waals surface area (Å²) < 4.78 is 4.96. The van der Waals surface area contributed by atoms with Gasteiger partial charge in [-0.25, -0.2) is 4.79 Å². The predicted molar refractivity (Wildman–Crippen MR) is 69.2 cm³/mol. The van der Waals surface area contributed by atoms with Gasteiger partial charge in [-0.1, -0.05) is 6.07 Å². The molecule has 1 heterocycles. The number of carbonyl (C=O) groups is 1. The Morgan fingerprint density at radius 3 is 2.76 bits per heavy atom. The highest BCUT2D eigenvalue weighted by molar-refractivity contribution is 7.10. The van der Waals surface area contributed by atoms with Gasteiger partial charge in [0, 0.05) is 4.88 Å². The number of nitriles is 1.